The van der Waals surface area contributed by atoms with E-state index in [-0.39, 0.29) is 18.1 Å². The highest BCUT2D eigenvalue weighted by Gasteiger charge is 2.12. The van der Waals surface area contributed by atoms with E-state index >= 15 is 0 Å². The van der Waals surface area contributed by atoms with Crippen LogP contribution in [-0.4, -0.2) is 25.2 Å². The van der Waals surface area contributed by atoms with Crippen molar-refractivity contribution in [2.45, 2.75) is 32.1 Å². The van der Waals surface area contributed by atoms with Crippen LogP contribution in [0, 0.1) is 5.82 Å². The first-order chi connectivity index (χ1) is 12.2. The van der Waals surface area contributed by atoms with E-state index in [1.165, 1.54) is 44.0 Å². The zero-order valence-corrected chi connectivity index (χ0v) is 14.1. The van der Waals surface area contributed by atoms with Crippen LogP contribution in [0.2, 0.25) is 0 Å². The molecule has 2 heterocycles. The molecule has 1 saturated heterocycles. The second-order valence-corrected chi connectivity index (χ2v) is 6.17. The molecule has 2 aromatic rings. The lowest BCUT2D eigenvalue weighted by Gasteiger charge is -2.18. The van der Waals surface area contributed by atoms with Gasteiger partial charge in [0.05, 0.1) is 12.6 Å². The number of nitrogens with one attached hydrogen (secondary N) is 1. The molecule has 0 aliphatic carbocycles. The van der Waals surface area contributed by atoms with Crippen LogP contribution in [0.1, 0.15) is 37.0 Å². The Balaban J connectivity index is 1.50. The Morgan fingerprint density at radius 2 is 1.84 bits per heavy atom. The summed E-state index contributed by atoms with van der Waals surface area (Å²) in [5, 5.41) is 3.92. The van der Waals surface area contributed by atoms with Gasteiger partial charge in [0.15, 0.2) is 5.88 Å². The number of rotatable bonds is 5. The molecule has 3 rings (SSSR count). The van der Waals surface area contributed by atoms with Crippen molar-refractivity contribution in [2.75, 3.05) is 18.0 Å². The molecule has 1 aromatic carbocycles. The zero-order chi connectivity index (χ0) is 17.5. The van der Waals surface area contributed by atoms with Gasteiger partial charge in [-0.3, -0.25) is 4.79 Å². The van der Waals surface area contributed by atoms with E-state index in [9.17, 15) is 9.18 Å². The predicted molar refractivity (Wildman–Crippen MR) is 95.2 cm³/mol. The quantitative estimate of drug-likeness (QED) is 0.668. The predicted octanol–water partition coefficient (Wildman–Crippen LogP) is 3.49. The van der Waals surface area contributed by atoms with Crippen molar-refractivity contribution in [1.82, 2.24) is 5.43 Å². The number of furan rings is 1. The van der Waals surface area contributed by atoms with Gasteiger partial charge in [-0.1, -0.05) is 25.0 Å². The standard InChI is InChI=1S/C19H22FN3O2/c20-16-7-5-15(6-8-16)13-18(24)22-21-14-17-9-10-19(25-17)23-11-3-1-2-4-12-23/h5-10,14H,1-4,11-13H2,(H,22,24)/b21-14+. The monoisotopic (exact) mass is 343 g/mol. The number of benzene rings is 1. The Morgan fingerprint density at radius 3 is 2.56 bits per heavy atom. The first kappa shape index (κ1) is 17.2. The molecule has 1 fully saturated rings. The van der Waals surface area contributed by atoms with Crippen LogP contribution >= 0.6 is 0 Å². The lowest BCUT2D eigenvalue weighted by atomic mass is 10.1. The molecular formula is C19H22FN3O2. The molecule has 0 bridgehead atoms. The SMILES string of the molecule is O=C(Cc1ccc(F)cc1)N/N=C/c1ccc(N2CCCCCC2)o1. The maximum atomic E-state index is 12.8. The number of nitrogens with zero attached hydrogens (tertiary/aromatic N) is 2. The molecule has 6 heteroatoms. The number of amides is 1. The highest BCUT2D eigenvalue weighted by atomic mass is 19.1. The van der Waals surface area contributed by atoms with Crippen molar-refractivity contribution in [3.63, 3.8) is 0 Å². The molecule has 1 aliphatic heterocycles. The van der Waals surface area contributed by atoms with Crippen molar-refractivity contribution in [3.8, 4) is 0 Å². The van der Waals surface area contributed by atoms with Gasteiger partial charge in [0, 0.05) is 19.2 Å². The summed E-state index contributed by atoms with van der Waals surface area (Å²) in [4.78, 5) is 14.1. The molecule has 0 unspecified atom stereocenters. The molecule has 0 atom stereocenters. The van der Waals surface area contributed by atoms with E-state index in [0.717, 1.165) is 24.5 Å². The lowest BCUT2D eigenvalue weighted by molar-refractivity contribution is -0.120. The minimum atomic E-state index is -0.319. The van der Waals surface area contributed by atoms with Crippen molar-refractivity contribution in [1.29, 1.82) is 0 Å². The van der Waals surface area contributed by atoms with E-state index in [4.69, 9.17) is 4.42 Å². The highest BCUT2D eigenvalue weighted by molar-refractivity contribution is 5.81. The van der Waals surface area contributed by atoms with E-state index < -0.39 is 0 Å². The highest BCUT2D eigenvalue weighted by Crippen LogP contribution is 2.21. The van der Waals surface area contributed by atoms with Gasteiger partial charge < -0.3 is 9.32 Å². The van der Waals surface area contributed by atoms with Crippen molar-refractivity contribution in [2.24, 2.45) is 5.10 Å². The van der Waals surface area contributed by atoms with E-state index in [2.05, 4.69) is 15.4 Å². The van der Waals surface area contributed by atoms with Gasteiger partial charge in [-0.25, -0.2) is 9.82 Å². The molecule has 132 valence electrons. The normalized spacial score (nSPS) is 15.3. The molecule has 0 spiro atoms. The summed E-state index contributed by atoms with van der Waals surface area (Å²) in [5.41, 5.74) is 3.19. The zero-order valence-electron chi connectivity index (χ0n) is 14.1. The summed E-state index contributed by atoms with van der Waals surface area (Å²) >= 11 is 0. The minimum absolute atomic E-state index is 0.148. The molecular weight excluding hydrogens is 321 g/mol. The molecule has 5 nitrogen and oxygen atoms in total. The largest absolute Gasteiger partial charge is 0.440 e. The number of hydrogen-bond donors (Lipinski definition) is 1. The number of anilines is 1. The van der Waals surface area contributed by atoms with Gasteiger partial charge in [-0.05, 0) is 36.6 Å². The molecule has 1 N–H and O–H groups in total. The fourth-order valence-electron chi connectivity index (χ4n) is 2.87. The Kier molecular flexibility index (Phi) is 5.82. The lowest BCUT2D eigenvalue weighted by Crippen LogP contribution is -2.23. The minimum Gasteiger partial charge on any atom is -0.440 e. The summed E-state index contributed by atoms with van der Waals surface area (Å²) < 4.78 is 18.6. The van der Waals surface area contributed by atoms with Gasteiger partial charge in [0.25, 0.3) is 0 Å². The Hall–Kier alpha value is -2.63. The topological polar surface area (TPSA) is 57.8 Å². The average molecular weight is 343 g/mol. The number of carbonyl (C=O) groups is 1. The molecule has 1 aliphatic rings. The first-order valence-electron chi connectivity index (χ1n) is 8.62. The average Bonchev–Trinajstić information content (AvgIpc) is 2.90. The number of hydrazone groups is 1. The molecule has 0 radical (unpaired) electrons. The van der Waals surface area contributed by atoms with Crippen LogP contribution in [0.4, 0.5) is 10.3 Å². The smallest absolute Gasteiger partial charge is 0.244 e. The van der Waals surface area contributed by atoms with Gasteiger partial charge in [-0.15, -0.1) is 0 Å². The van der Waals surface area contributed by atoms with E-state index in [0.29, 0.717) is 5.76 Å². The van der Waals surface area contributed by atoms with Crippen molar-refractivity contribution < 1.29 is 13.6 Å². The Bertz CT molecular complexity index is 717. The van der Waals surface area contributed by atoms with Gasteiger partial charge in [0.2, 0.25) is 5.91 Å². The fraction of sp³-hybridized carbons (Fsp3) is 0.368. The third kappa shape index (κ3) is 5.17. The third-order valence-corrected chi connectivity index (χ3v) is 4.19. The third-order valence-electron chi connectivity index (χ3n) is 4.19. The Labute approximate surface area is 146 Å². The number of halogens is 1. The van der Waals surface area contributed by atoms with Crippen LogP contribution in [0.25, 0.3) is 0 Å². The molecule has 1 aromatic heterocycles. The first-order valence-corrected chi connectivity index (χ1v) is 8.62. The molecule has 25 heavy (non-hydrogen) atoms. The van der Waals surface area contributed by atoms with E-state index in [1.54, 1.807) is 12.1 Å². The fourth-order valence-corrected chi connectivity index (χ4v) is 2.87. The second kappa shape index (κ2) is 8.46. The maximum absolute atomic E-state index is 12.8. The van der Waals surface area contributed by atoms with E-state index in [1.807, 2.05) is 12.1 Å². The van der Waals surface area contributed by atoms with Crippen LogP contribution in [0.3, 0.4) is 0 Å². The number of carbonyl (C=O) groups excluding carboxylic acids is 1. The van der Waals surface area contributed by atoms with Crippen LogP contribution < -0.4 is 10.3 Å². The second-order valence-electron chi connectivity index (χ2n) is 6.17. The van der Waals surface area contributed by atoms with Crippen LogP contribution in [0.15, 0.2) is 45.9 Å². The summed E-state index contributed by atoms with van der Waals surface area (Å²) in [7, 11) is 0. The van der Waals surface area contributed by atoms with Gasteiger partial charge in [-0.2, -0.15) is 5.10 Å². The maximum Gasteiger partial charge on any atom is 0.244 e. The van der Waals surface area contributed by atoms with Crippen molar-refractivity contribution in [3.05, 3.63) is 53.5 Å². The van der Waals surface area contributed by atoms with Gasteiger partial charge >= 0.3 is 0 Å². The van der Waals surface area contributed by atoms with Crippen LogP contribution in [0.5, 0.6) is 0 Å². The number of hydrogen-bond acceptors (Lipinski definition) is 4. The summed E-state index contributed by atoms with van der Waals surface area (Å²) in [5.74, 6) is 0.865. The van der Waals surface area contributed by atoms with Gasteiger partial charge in [0.1, 0.15) is 11.6 Å². The Morgan fingerprint density at radius 1 is 1.12 bits per heavy atom. The molecule has 1 amide bonds. The van der Waals surface area contributed by atoms with Crippen LogP contribution in [-0.2, 0) is 11.2 Å². The summed E-state index contributed by atoms with van der Waals surface area (Å²) in [6.45, 7) is 2.02. The summed E-state index contributed by atoms with van der Waals surface area (Å²) in [6, 6.07) is 9.61. The van der Waals surface area contributed by atoms with Crippen molar-refractivity contribution >= 4 is 18.0 Å². The summed E-state index contributed by atoms with van der Waals surface area (Å²) in [6.07, 6.45) is 6.54. The molecule has 0 saturated carbocycles.